The molecule has 0 aromatic heterocycles. The minimum absolute atomic E-state index is 0.0567. The highest BCUT2D eigenvalue weighted by Crippen LogP contribution is 2.25. The van der Waals surface area contributed by atoms with Crippen LogP contribution in [0.4, 0.5) is 0 Å². The monoisotopic (exact) mass is 158 g/mol. The molecule has 1 aliphatic carbocycles. The Balaban J connectivity index is 2.67. The molecule has 1 saturated carbocycles. The van der Waals surface area contributed by atoms with Gasteiger partial charge in [0.15, 0.2) is 0 Å². The van der Waals surface area contributed by atoms with Crippen molar-refractivity contribution >= 4 is 0 Å². The molecule has 3 unspecified atom stereocenters. The minimum Gasteiger partial charge on any atom is -0.326 e. The van der Waals surface area contributed by atoms with Gasteiger partial charge in [0.1, 0.15) is 0 Å². The first kappa shape index (κ1) is 8.93. The second-order valence-electron chi connectivity index (χ2n) is 3.68. The normalized spacial score (nSPS) is 43.9. The molecular formula is C7H18N4. The Morgan fingerprint density at radius 2 is 1.82 bits per heavy atom. The van der Waals surface area contributed by atoms with Crippen molar-refractivity contribution in [3.63, 3.8) is 0 Å². The molecule has 8 N–H and O–H groups in total. The van der Waals surface area contributed by atoms with Crippen molar-refractivity contribution in [1.82, 2.24) is 0 Å². The highest BCUT2D eigenvalue weighted by atomic mass is 15.0. The SMILES string of the molecule is CC1C(N)C(N)CCC1(N)N. The molecule has 1 rings (SSSR count). The van der Waals surface area contributed by atoms with Gasteiger partial charge in [0.2, 0.25) is 0 Å². The smallest absolute Gasteiger partial charge is 0.0679 e. The maximum atomic E-state index is 5.82. The Bertz CT molecular complexity index is 145. The summed E-state index contributed by atoms with van der Waals surface area (Å²) < 4.78 is 0. The molecule has 66 valence electrons. The van der Waals surface area contributed by atoms with E-state index in [2.05, 4.69) is 0 Å². The second kappa shape index (κ2) is 2.71. The summed E-state index contributed by atoms with van der Waals surface area (Å²) in [5.41, 5.74) is 22.6. The molecule has 0 amide bonds. The van der Waals surface area contributed by atoms with Crippen molar-refractivity contribution in [2.45, 2.75) is 37.5 Å². The third kappa shape index (κ3) is 1.54. The maximum absolute atomic E-state index is 5.82. The summed E-state index contributed by atoms with van der Waals surface area (Å²) in [5, 5.41) is 0. The van der Waals surface area contributed by atoms with Crippen LogP contribution < -0.4 is 22.9 Å². The van der Waals surface area contributed by atoms with Crippen LogP contribution in [0.2, 0.25) is 0 Å². The van der Waals surface area contributed by atoms with E-state index in [1.54, 1.807) is 0 Å². The zero-order chi connectivity index (χ0) is 8.65. The third-order valence-corrected chi connectivity index (χ3v) is 2.83. The van der Waals surface area contributed by atoms with Crippen molar-refractivity contribution in [2.75, 3.05) is 0 Å². The van der Waals surface area contributed by atoms with Crippen LogP contribution in [-0.2, 0) is 0 Å². The fourth-order valence-corrected chi connectivity index (χ4v) is 1.57. The number of nitrogens with two attached hydrogens (primary N) is 4. The van der Waals surface area contributed by atoms with Crippen LogP contribution in [0.3, 0.4) is 0 Å². The van der Waals surface area contributed by atoms with Gasteiger partial charge in [0, 0.05) is 18.0 Å². The molecule has 4 nitrogen and oxygen atoms in total. The zero-order valence-corrected chi connectivity index (χ0v) is 6.96. The van der Waals surface area contributed by atoms with E-state index in [0.717, 1.165) is 12.8 Å². The number of hydrogen-bond donors (Lipinski definition) is 4. The summed E-state index contributed by atoms with van der Waals surface area (Å²) >= 11 is 0. The average Bonchev–Trinajstić information content (AvgIpc) is 1.95. The van der Waals surface area contributed by atoms with E-state index in [9.17, 15) is 0 Å². The zero-order valence-electron chi connectivity index (χ0n) is 6.96. The molecule has 0 spiro atoms. The molecule has 0 aromatic rings. The highest BCUT2D eigenvalue weighted by Gasteiger charge is 2.38. The van der Waals surface area contributed by atoms with E-state index in [4.69, 9.17) is 22.9 Å². The highest BCUT2D eigenvalue weighted by molar-refractivity contribution is 4.98. The van der Waals surface area contributed by atoms with E-state index in [0.29, 0.717) is 0 Å². The van der Waals surface area contributed by atoms with Crippen molar-refractivity contribution in [3.05, 3.63) is 0 Å². The summed E-state index contributed by atoms with van der Waals surface area (Å²) in [6.07, 6.45) is 1.60. The van der Waals surface area contributed by atoms with Crippen LogP contribution >= 0.6 is 0 Å². The van der Waals surface area contributed by atoms with Gasteiger partial charge in [-0.15, -0.1) is 0 Å². The Kier molecular flexibility index (Phi) is 2.20. The summed E-state index contributed by atoms with van der Waals surface area (Å²) in [6.45, 7) is 1.96. The molecule has 0 saturated heterocycles. The van der Waals surface area contributed by atoms with Gasteiger partial charge in [-0.05, 0) is 12.8 Å². The Morgan fingerprint density at radius 1 is 1.27 bits per heavy atom. The molecule has 4 heteroatoms. The van der Waals surface area contributed by atoms with Gasteiger partial charge >= 0.3 is 0 Å². The first-order valence-corrected chi connectivity index (χ1v) is 4.04. The molecule has 1 fully saturated rings. The van der Waals surface area contributed by atoms with Gasteiger partial charge in [-0.1, -0.05) is 6.92 Å². The minimum atomic E-state index is -0.616. The van der Waals surface area contributed by atoms with Crippen LogP contribution in [0.1, 0.15) is 19.8 Å². The molecule has 0 bridgehead atoms. The van der Waals surface area contributed by atoms with E-state index >= 15 is 0 Å². The molecule has 0 aliphatic heterocycles. The summed E-state index contributed by atoms with van der Waals surface area (Å²) in [6, 6.07) is 0.00368. The Labute approximate surface area is 67.3 Å². The summed E-state index contributed by atoms with van der Waals surface area (Å²) in [7, 11) is 0. The average molecular weight is 158 g/mol. The standard InChI is InChI=1S/C7H18N4/c1-4-6(9)5(8)2-3-7(4,10)11/h4-6H,2-3,8-11H2,1H3. The van der Waals surface area contributed by atoms with Gasteiger partial charge in [0.25, 0.3) is 0 Å². The lowest BCUT2D eigenvalue weighted by molar-refractivity contribution is 0.165. The molecule has 3 atom stereocenters. The Morgan fingerprint density at radius 3 is 2.27 bits per heavy atom. The van der Waals surface area contributed by atoms with Crippen LogP contribution in [0.5, 0.6) is 0 Å². The van der Waals surface area contributed by atoms with E-state index < -0.39 is 5.66 Å². The quantitative estimate of drug-likeness (QED) is 0.328. The molecule has 0 aromatic carbocycles. The lowest BCUT2D eigenvalue weighted by atomic mass is 9.75. The lowest BCUT2D eigenvalue weighted by Gasteiger charge is -2.43. The molecule has 0 heterocycles. The fourth-order valence-electron chi connectivity index (χ4n) is 1.57. The summed E-state index contributed by atoms with van der Waals surface area (Å²) in [5.74, 6) is 0.103. The van der Waals surface area contributed by atoms with E-state index in [1.165, 1.54) is 0 Å². The molecule has 0 radical (unpaired) electrons. The first-order chi connectivity index (χ1) is 4.95. The fraction of sp³-hybridized carbons (Fsp3) is 1.00. The number of hydrogen-bond acceptors (Lipinski definition) is 4. The summed E-state index contributed by atoms with van der Waals surface area (Å²) in [4.78, 5) is 0. The van der Waals surface area contributed by atoms with Crippen LogP contribution in [0, 0.1) is 5.92 Å². The van der Waals surface area contributed by atoms with Crippen molar-refractivity contribution in [3.8, 4) is 0 Å². The molecule has 11 heavy (non-hydrogen) atoms. The van der Waals surface area contributed by atoms with Crippen molar-refractivity contribution in [1.29, 1.82) is 0 Å². The van der Waals surface area contributed by atoms with Crippen molar-refractivity contribution < 1.29 is 0 Å². The second-order valence-corrected chi connectivity index (χ2v) is 3.68. The Hall–Kier alpha value is -0.160. The van der Waals surface area contributed by atoms with Crippen LogP contribution in [0.15, 0.2) is 0 Å². The predicted molar refractivity (Wildman–Crippen MR) is 45.5 cm³/mol. The number of rotatable bonds is 0. The van der Waals surface area contributed by atoms with E-state index in [-0.39, 0.29) is 18.0 Å². The van der Waals surface area contributed by atoms with Gasteiger partial charge in [-0.25, -0.2) is 0 Å². The predicted octanol–water partition coefficient (Wildman–Crippen LogP) is -1.32. The van der Waals surface area contributed by atoms with E-state index in [1.807, 2.05) is 6.92 Å². The molecule has 1 aliphatic rings. The van der Waals surface area contributed by atoms with Gasteiger partial charge in [-0.2, -0.15) is 0 Å². The van der Waals surface area contributed by atoms with Crippen LogP contribution in [0.25, 0.3) is 0 Å². The molecular weight excluding hydrogens is 140 g/mol. The van der Waals surface area contributed by atoms with Crippen LogP contribution in [-0.4, -0.2) is 17.7 Å². The lowest BCUT2D eigenvalue weighted by Crippen LogP contribution is -2.66. The first-order valence-electron chi connectivity index (χ1n) is 4.04. The third-order valence-electron chi connectivity index (χ3n) is 2.83. The maximum Gasteiger partial charge on any atom is 0.0679 e. The largest absolute Gasteiger partial charge is 0.326 e. The van der Waals surface area contributed by atoms with Crippen molar-refractivity contribution in [2.24, 2.45) is 28.9 Å². The topological polar surface area (TPSA) is 104 Å². The van der Waals surface area contributed by atoms with Gasteiger partial charge in [0.05, 0.1) is 5.66 Å². The van der Waals surface area contributed by atoms with Gasteiger partial charge in [-0.3, -0.25) is 0 Å². The van der Waals surface area contributed by atoms with Gasteiger partial charge < -0.3 is 22.9 Å².